The highest BCUT2D eigenvalue weighted by molar-refractivity contribution is 5.47. The molecule has 0 amide bonds. The standard InChI is InChI=1S/C13H22N2/c1-5-15(6-2)10-12-9-13(14-4)8-7-11(12)3/h7-9,14H,5-6,10H2,1-4H3. The molecule has 0 aliphatic heterocycles. The van der Waals surface area contributed by atoms with Gasteiger partial charge >= 0.3 is 0 Å². The van der Waals surface area contributed by atoms with Gasteiger partial charge in [-0.3, -0.25) is 4.90 Å². The summed E-state index contributed by atoms with van der Waals surface area (Å²) in [6, 6.07) is 6.55. The van der Waals surface area contributed by atoms with E-state index in [1.54, 1.807) is 0 Å². The molecule has 2 heteroatoms. The van der Waals surface area contributed by atoms with Gasteiger partial charge in [-0.25, -0.2) is 0 Å². The number of anilines is 1. The summed E-state index contributed by atoms with van der Waals surface area (Å²) in [7, 11) is 1.96. The average Bonchev–Trinajstić information content (AvgIpc) is 2.28. The monoisotopic (exact) mass is 206 g/mol. The summed E-state index contributed by atoms with van der Waals surface area (Å²) in [6.45, 7) is 9.87. The average molecular weight is 206 g/mol. The molecule has 0 atom stereocenters. The van der Waals surface area contributed by atoms with Gasteiger partial charge in [-0.15, -0.1) is 0 Å². The maximum Gasteiger partial charge on any atom is 0.0341 e. The predicted octanol–water partition coefficient (Wildman–Crippen LogP) is 2.88. The van der Waals surface area contributed by atoms with Crippen molar-refractivity contribution in [1.82, 2.24) is 4.90 Å². The maximum absolute atomic E-state index is 3.19. The maximum atomic E-state index is 3.19. The third-order valence-corrected chi connectivity index (χ3v) is 2.93. The molecule has 0 heterocycles. The Balaban J connectivity index is 2.82. The van der Waals surface area contributed by atoms with Crippen LogP contribution in [0.3, 0.4) is 0 Å². The third-order valence-electron chi connectivity index (χ3n) is 2.93. The fraction of sp³-hybridized carbons (Fsp3) is 0.538. The van der Waals surface area contributed by atoms with E-state index in [-0.39, 0.29) is 0 Å². The van der Waals surface area contributed by atoms with Crippen LogP contribution in [0, 0.1) is 6.92 Å². The molecule has 2 nitrogen and oxygen atoms in total. The molecule has 0 fully saturated rings. The molecule has 0 saturated carbocycles. The second-order valence-corrected chi connectivity index (χ2v) is 3.85. The van der Waals surface area contributed by atoms with Crippen molar-refractivity contribution in [3.8, 4) is 0 Å². The van der Waals surface area contributed by atoms with Crippen molar-refractivity contribution < 1.29 is 0 Å². The lowest BCUT2D eigenvalue weighted by Gasteiger charge is -2.19. The molecule has 0 spiro atoms. The molecular weight excluding hydrogens is 184 g/mol. The summed E-state index contributed by atoms with van der Waals surface area (Å²) in [4.78, 5) is 2.43. The molecule has 15 heavy (non-hydrogen) atoms. The van der Waals surface area contributed by atoms with Gasteiger partial charge in [-0.05, 0) is 43.3 Å². The van der Waals surface area contributed by atoms with E-state index in [0.717, 1.165) is 19.6 Å². The molecule has 1 aromatic rings. The summed E-state index contributed by atoms with van der Waals surface area (Å²) in [5.74, 6) is 0. The normalized spacial score (nSPS) is 10.7. The van der Waals surface area contributed by atoms with Gasteiger partial charge in [-0.2, -0.15) is 0 Å². The first-order chi connectivity index (χ1) is 7.21. The van der Waals surface area contributed by atoms with E-state index in [9.17, 15) is 0 Å². The minimum absolute atomic E-state index is 1.05. The van der Waals surface area contributed by atoms with Crippen molar-refractivity contribution >= 4 is 5.69 Å². The minimum atomic E-state index is 1.05. The quantitative estimate of drug-likeness (QED) is 0.797. The smallest absolute Gasteiger partial charge is 0.0341 e. The molecule has 1 aromatic carbocycles. The first-order valence-corrected chi connectivity index (χ1v) is 5.70. The fourth-order valence-electron chi connectivity index (χ4n) is 1.69. The second-order valence-electron chi connectivity index (χ2n) is 3.85. The predicted molar refractivity (Wildman–Crippen MR) is 67.4 cm³/mol. The summed E-state index contributed by atoms with van der Waals surface area (Å²) in [6.07, 6.45) is 0. The summed E-state index contributed by atoms with van der Waals surface area (Å²) in [5, 5.41) is 3.19. The van der Waals surface area contributed by atoms with E-state index in [2.05, 4.69) is 49.2 Å². The van der Waals surface area contributed by atoms with Crippen molar-refractivity contribution in [3.05, 3.63) is 29.3 Å². The van der Waals surface area contributed by atoms with Crippen LogP contribution >= 0.6 is 0 Å². The van der Waals surface area contributed by atoms with E-state index in [1.807, 2.05) is 7.05 Å². The van der Waals surface area contributed by atoms with E-state index >= 15 is 0 Å². The zero-order valence-electron chi connectivity index (χ0n) is 10.3. The topological polar surface area (TPSA) is 15.3 Å². The molecule has 84 valence electrons. The van der Waals surface area contributed by atoms with E-state index in [1.165, 1.54) is 16.8 Å². The van der Waals surface area contributed by atoms with Crippen LogP contribution in [-0.2, 0) is 6.54 Å². The second kappa shape index (κ2) is 5.76. The molecule has 0 aliphatic carbocycles. The highest BCUT2D eigenvalue weighted by Crippen LogP contribution is 2.16. The highest BCUT2D eigenvalue weighted by Gasteiger charge is 2.04. The minimum Gasteiger partial charge on any atom is -0.388 e. The molecule has 0 unspecified atom stereocenters. The molecule has 0 aromatic heterocycles. The molecule has 0 bridgehead atoms. The van der Waals surface area contributed by atoms with Gasteiger partial charge in [0.2, 0.25) is 0 Å². The first-order valence-electron chi connectivity index (χ1n) is 5.70. The van der Waals surface area contributed by atoms with Crippen molar-refractivity contribution in [3.63, 3.8) is 0 Å². The molecule has 0 saturated heterocycles. The Morgan fingerprint density at radius 1 is 1.20 bits per heavy atom. The summed E-state index contributed by atoms with van der Waals surface area (Å²) < 4.78 is 0. The zero-order chi connectivity index (χ0) is 11.3. The highest BCUT2D eigenvalue weighted by atomic mass is 15.1. The Hall–Kier alpha value is -1.02. The van der Waals surface area contributed by atoms with Crippen molar-refractivity contribution in [2.75, 3.05) is 25.5 Å². The number of hydrogen-bond acceptors (Lipinski definition) is 2. The molecule has 1 rings (SSSR count). The SMILES string of the molecule is CCN(CC)Cc1cc(NC)ccc1C. The van der Waals surface area contributed by atoms with E-state index in [4.69, 9.17) is 0 Å². The van der Waals surface area contributed by atoms with Crippen LogP contribution in [0.2, 0.25) is 0 Å². The van der Waals surface area contributed by atoms with Gasteiger partial charge in [-0.1, -0.05) is 19.9 Å². The van der Waals surface area contributed by atoms with Gasteiger partial charge in [0, 0.05) is 19.3 Å². The van der Waals surface area contributed by atoms with E-state index in [0.29, 0.717) is 0 Å². The van der Waals surface area contributed by atoms with Crippen LogP contribution in [0.15, 0.2) is 18.2 Å². The molecular formula is C13H22N2. The van der Waals surface area contributed by atoms with Gasteiger partial charge in [0.15, 0.2) is 0 Å². The molecule has 0 radical (unpaired) electrons. The van der Waals surface area contributed by atoms with Crippen LogP contribution in [0.25, 0.3) is 0 Å². The van der Waals surface area contributed by atoms with Gasteiger partial charge in [0.05, 0.1) is 0 Å². The fourth-order valence-corrected chi connectivity index (χ4v) is 1.69. The largest absolute Gasteiger partial charge is 0.388 e. The number of aryl methyl sites for hydroxylation is 1. The number of rotatable bonds is 5. The summed E-state index contributed by atoms with van der Waals surface area (Å²) in [5.41, 5.74) is 3.99. The zero-order valence-corrected chi connectivity index (χ0v) is 10.3. The van der Waals surface area contributed by atoms with Gasteiger partial charge in [0.25, 0.3) is 0 Å². The van der Waals surface area contributed by atoms with Crippen LogP contribution in [0.5, 0.6) is 0 Å². The summed E-state index contributed by atoms with van der Waals surface area (Å²) >= 11 is 0. The lowest BCUT2D eigenvalue weighted by molar-refractivity contribution is 0.295. The number of nitrogens with one attached hydrogen (secondary N) is 1. The van der Waals surface area contributed by atoms with E-state index < -0.39 is 0 Å². The molecule has 1 N–H and O–H groups in total. The van der Waals surface area contributed by atoms with Crippen LogP contribution in [0.1, 0.15) is 25.0 Å². The van der Waals surface area contributed by atoms with Crippen LogP contribution in [0.4, 0.5) is 5.69 Å². The van der Waals surface area contributed by atoms with Crippen LogP contribution < -0.4 is 5.32 Å². The lowest BCUT2D eigenvalue weighted by atomic mass is 10.1. The van der Waals surface area contributed by atoms with Crippen molar-refractivity contribution in [2.24, 2.45) is 0 Å². The Bertz CT molecular complexity index is 303. The first kappa shape index (κ1) is 12.1. The Kier molecular flexibility index (Phi) is 4.63. The van der Waals surface area contributed by atoms with Gasteiger partial charge in [0.1, 0.15) is 0 Å². The number of nitrogens with zero attached hydrogens (tertiary/aromatic N) is 1. The van der Waals surface area contributed by atoms with Gasteiger partial charge < -0.3 is 5.32 Å². The van der Waals surface area contributed by atoms with Crippen molar-refractivity contribution in [2.45, 2.75) is 27.3 Å². The molecule has 0 aliphatic rings. The third kappa shape index (κ3) is 3.24. The van der Waals surface area contributed by atoms with Crippen LogP contribution in [-0.4, -0.2) is 25.0 Å². The lowest BCUT2D eigenvalue weighted by Crippen LogP contribution is -2.22. The Morgan fingerprint density at radius 3 is 2.40 bits per heavy atom. The van der Waals surface area contributed by atoms with Crippen molar-refractivity contribution in [1.29, 1.82) is 0 Å². The Labute approximate surface area is 93.3 Å². The number of hydrogen-bond donors (Lipinski definition) is 1. The number of benzene rings is 1. The Morgan fingerprint density at radius 2 is 1.87 bits per heavy atom.